The predicted octanol–water partition coefficient (Wildman–Crippen LogP) is 2.53. The lowest BCUT2D eigenvalue weighted by molar-refractivity contribution is -0.129. The van der Waals surface area contributed by atoms with Gasteiger partial charge in [0, 0.05) is 12.7 Å². The van der Waals surface area contributed by atoms with Crippen LogP contribution in [-0.2, 0) is 9.53 Å². The van der Waals surface area contributed by atoms with E-state index in [9.17, 15) is 4.79 Å². The van der Waals surface area contributed by atoms with Crippen molar-refractivity contribution in [2.24, 2.45) is 5.73 Å². The number of carbonyl (C=O) groups excluding carboxylic acids is 1. The van der Waals surface area contributed by atoms with Crippen molar-refractivity contribution >= 4 is 28.8 Å². The lowest BCUT2D eigenvalue weighted by Gasteiger charge is -2.39. The minimum atomic E-state index is -0.280. The molecule has 0 saturated heterocycles. The summed E-state index contributed by atoms with van der Waals surface area (Å²) in [5.74, 6) is -0.0605. The Morgan fingerprint density at radius 3 is 2.70 bits per heavy atom. The smallest absolute Gasteiger partial charge is 0.227 e. The van der Waals surface area contributed by atoms with Gasteiger partial charge in [-0.05, 0) is 37.8 Å². The average Bonchev–Trinajstić information content (AvgIpc) is 2.33. The quantitative estimate of drug-likeness (QED) is 0.819. The summed E-state index contributed by atoms with van der Waals surface area (Å²) in [7, 11) is 1.67. The zero-order chi connectivity index (χ0) is 14.8. The molecule has 1 aromatic carbocycles. The fraction of sp³-hybridized carbons (Fsp3) is 0.467. The zero-order valence-corrected chi connectivity index (χ0v) is 12.7. The van der Waals surface area contributed by atoms with Crippen LogP contribution in [0, 0.1) is 6.92 Å². The van der Waals surface area contributed by atoms with Gasteiger partial charge in [-0.3, -0.25) is 4.79 Å². The van der Waals surface area contributed by atoms with Crippen molar-refractivity contribution in [1.29, 1.82) is 0 Å². The second-order valence-corrected chi connectivity index (χ2v) is 5.77. The number of hydrogen-bond donors (Lipinski definition) is 2. The number of nitrogens with two attached hydrogens (primary N) is 1. The Bertz CT molecular complexity index is 533. The number of amides is 1. The fourth-order valence-electron chi connectivity index (χ4n) is 2.61. The largest absolute Gasteiger partial charge is 0.389 e. The third-order valence-electron chi connectivity index (χ3n) is 3.97. The summed E-state index contributed by atoms with van der Waals surface area (Å²) in [5.41, 5.74) is 7.82. The molecule has 0 bridgehead atoms. The molecule has 1 aliphatic carbocycles. The van der Waals surface area contributed by atoms with E-state index in [1.807, 2.05) is 25.1 Å². The molecule has 20 heavy (non-hydrogen) atoms. The second kappa shape index (κ2) is 5.89. The van der Waals surface area contributed by atoms with Gasteiger partial charge in [-0.1, -0.05) is 24.4 Å². The number of thiocarbonyl (C=S) groups is 1. The van der Waals surface area contributed by atoms with E-state index in [0.717, 1.165) is 30.4 Å². The number of methoxy groups -OCH3 is 1. The molecule has 1 aromatic rings. The number of hydrogen-bond acceptors (Lipinski definition) is 3. The van der Waals surface area contributed by atoms with E-state index in [-0.39, 0.29) is 11.5 Å². The number of benzene rings is 1. The van der Waals surface area contributed by atoms with Gasteiger partial charge in [-0.2, -0.15) is 0 Å². The van der Waals surface area contributed by atoms with Crippen LogP contribution in [0.2, 0.25) is 0 Å². The standard InChI is InChI=1S/C15H20N2O2S/c1-10-5-3-6-11(13(10)14(16)20)17-12(18)9-15(19-2)7-4-8-15/h3,5-6H,4,7-9H2,1-2H3,(H2,16,20)(H,17,18). The van der Waals surface area contributed by atoms with Crippen molar-refractivity contribution in [1.82, 2.24) is 0 Å². The molecule has 2 rings (SSSR count). The topological polar surface area (TPSA) is 64.3 Å². The van der Waals surface area contributed by atoms with Crippen molar-refractivity contribution in [3.63, 3.8) is 0 Å². The zero-order valence-electron chi connectivity index (χ0n) is 11.9. The highest BCUT2D eigenvalue weighted by Gasteiger charge is 2.39. The third-order valence-corrected chi connectivity index (χ3v) is 4.18. The number of aryl methyl sites for hydroxylation is 1. The Kier molecular flexibility index (Phi) is 4.40. The second-order valence-electron chi connectivity index (χ2n) is 5.33. The van der Waals surface area contributed by atoms with Crippen LogP contribution in [0.1, 0.15) is 36.8 Å². The predicted molar refractivity (Wildman–Crippen MR) is 83.9 cm³/mol. The number of anilines is 1. The van der Waals surface area contributed by atoms with Crippen molar-refractivity contribution < 1.29 is 9.53 Å². The minimum absolute atomic E-state index is 0.0605. The Labute approximate surface area is 124 Å². The lowest BCUT2D eigenvalue weighted by atomic mass is 9.77. The lowest BCUT2D eigenvalue weighted by Crippen LogP contribution is -2.42. The van der Waals surface area contributed by atoms with Gasteiger partial charge < -0.3 is 15.8 Å². The molecule has 0 radical (unpaired) electrons. The molecule has 4 nitrogen and oxygen atoms in total. The van der Waals surface area contributed by atoms with Crippen molar-refractivity contribution in [3.05, 3.63) is 29.3 Å². The van der Waals surface area contributed by atoms with Crippen LogP contribution in [0.4, 0.5) is 5.69 Å². The van der Waals surface area contributed by atoms with E-state index >= 15 is 0 Å². The third kappa shape index (κ3) is 2.99. The summed E-state index contributed by atoms with van der Waals surface area (Å²) in [6.45, 7) is 1.92. The molecule has 0 spiro atoms. The molecule has 0 unspecified atom stereocenters. The summed E-state index contributed by atoms with van der Waals surface area (Å²) < 4.78 is 5.47. The monoisotopic (exact) mass is 292 g/mol. The van der Waals surface area contributed by atoms with E-state index in [4.69, 9.17) is 22.7 Å². The molecule has 1 fully saturated rings. The molecule has 108 valence electrons. The van der Waals surface area contributed by atoms with Gasteiger partial charge >= 0.3 is 0 Å². The molecule has 0 aromatic heterocycles. The molecule has 0 heterocycles. The molecule has 5 heteroatoms. The van der Waals surface area contributed by atoms with Crippen LogP contribution in [-0.4, -0.2) is 23.6 Å². The summed E-state index contributed by atoms with van der Waals surface area (Å²) in [6.07, 6.45) is 3.36. The van der Waals surface area contributed by atoms with Gasteiger partial charge in [-0.25, -0.2) is 0 Å². The maximum atomic E-state index is 12.2. The van der Waals surface area contributed by atoms with E-state index in [2.05, 4.69) is 5.32 Å². The Morgan fingerprint density at radius 2 is 2.20 bits per heavy atom. The highest BCUT2D eigenvalue weighted by atomic mass is 32.1. The summed E-state index contributed by atoms with van der Waals surface area (Å²) in [5, 5.41) is 2.90. The highest BCUT2D eigenvalue weighted by Crippen LogP contribution is 2.38. The molecule has 1 saturated carbocycles. The molecule has 3 N–H and O–H groups in total. The molecule has 1 aliphatic rings. The Balaban J connectivity index is 2.12. The molecule has 0 atom stereocenters. The van der Waals surface area contributed by atoms with Gasteiger partial charge in [0.25, 0.3) is 0 Å². The minimum Gasteiger partial charge on any atom is -0.389 e. The fourth-order valence-corrected chi connectivity index (χ4v) is 2.88. The van der Waals surface area contributed by atoms with E-state index in [1.54, 1.807) is 7.11 Å². The number of ether oxygens (including phenoxy) is 1. The van der Waals surface area contributed by atoms with Crippen LogP contribution in [0.15, 0.2) is 18.2 Å². The summed E-state index contributed by atoms with van der Waals surface area (Å²) in [6, 6.07) is 5.62. The van der Waals surface area contributed by atoms with Gasteiger partial charge in [0.15, 0.2) is 0 Å². The first-order chi connectivity index (χ1) is 9.47. The van der Waals surface area contributed by atoms with E-state index < -0.39 is 0 Å². The van der Waals surface area contributed by atoms with Crippen LogP contribution in [0.25, 0.3) is 0 Å². The summed E-state index contributed by atoms with van der Waals surface area (Å²) >= 11 is 5.06. The van der Waals surface area contributed by atoms with Gasteiger partial charge in [0.2, 0.25) is 5.91 Å². The summed E-state index contributed by atoms with van der Waals surface area (Å²) in [4.78, 5) is 12.5. The van der Waals surface area contributed by atoms with Gasteiger partial charge in [0.05, 0.1) is 17.7 Å². The first kappa shape index (κ1) is 14.9. The first-order valence-corrected chi connectivity index (χ1v) is 7.13. The average molecular weight is 292 g/mol. The molecule has 0 aliphatic heterocycles. The first-order valence-electron chi connectivity index (χ1n) is 6.72. The van der Waals surface area contributed by atoms with Crippen LogP contribution >= 0.6 is 12.2 Å². The molecular weight excluding hydrogens is 272 g/mol. The maximum Gasteiger partial charge on any atom is 0.227 e. The Morgan fingerprint density at radius 1 is 1.50 bits per heavy atom. The van der Waals surface area contributed by atoms with Crippen LogP contribution in [0.5, 0.6) is 0 Å². The van der Waals surface area contributed by atoms with Crippen LogP contribution < -0.4 is 11.1 Å². The highest BCUT2D eigenvalue weighted by molar-refractivity contribution is 7.80. The Hall–Kier alpha value is -1.46. The number of nitrogens with one attached hydrogen (secondary N) is 1. The van der Waals surface area contributed by atoms with E-state index in [0.29, 0.717) is 17.1 Å². The van der Waals surface area contributed by atoms with Crippen molar-refractivity contribution in [2.75, 3.05) is 12.4 Å². The normalized spacial score (nSPS) is 16.3. The SMILES string of the molecule is COC1(CC(=O)Nc2cccc(C)c2C(N)=S)CCC1. The molecule has 1 amide bonds. The van der Waals surface area contributed by atoms with Gasteiger partial charge in [-0.15, -0.1) is 0 Å². The van der Waals surface area contributed by atoms with Gasteiger partial charge in [0.1, 0.15) is 4.99 Å². The van der Waals surface area contributed by atoms with Crippen molar-refractivity contribution in [3.8, 4) is 0 Å². The maximum absolute atomic E-state index is 12.2. The van der Waals surface area contributed by atoms with Crippen molar-refractivity contribution in [2.45, 2.75) is 38.2 Å². The van der Waals surface area contributed by atoms with E-state index in [1.165, 1.54) is 0 Å². The molecular formula is C15H20N2O2S. The van der Waals surface area contributed by atoms with Crippen LogP contribution in [0.3, 0.4) is 0 Å². The number of carbonyl (C=O) groups is 1. The number of rotatable bonds is 5.